The van der Waals surface area contributed by atoms with E-state index in [2.05, 4.69) is 41.8 Å². The molecular formula is C21H34IN3O2. The number of hydrogen-bond acceptors (Lipinski definition) is 3. The Bertz CT molecular complexity index is 603. The van der Waals surface area contributed by atoms with Gasteiger partial charge in [-0.3, -0.25) is 4.99 Å². The number of benzene rings is 1. The van der Waals surface area contributed by atoms with Gasteiger partial charge in [-0.2, -0.15) is 0 Å². The molecule has 0 spiro atoms. The minimum absolute atomic E-state index is 0. The monoisotopic (exact) mass is 487 g/mol. The fourth-order valence-electron chi connectivity index (χ4n) is 4.16. The predicted molar refractivity (Wildman–Crippen MR) is 121 cm³/mol. The molecule has 27 heavy (non-hydrogen) atoms. The van der Waals surface area contributed by atoms with Gasteiger partial charge < -0.3 is 20.5 Å². The molecule has 0 aromatic heterocycles. The van der Waals surface area contributed by atoms with Crippen LogP contribution in [0.5, 0.6) is 0 Å². The Morgan fingerprint density at radius 1 is 1.33 bits per heavy atom. The lowest BCUT2D eigenvalue weighted by Gasteiger charge is -2.27. The standard InChI is InChI=1S/C21H33N3O2.HI/c1-2-22-20(24-15-21(10-12-25)11-13-26-16-21)23-14-18-8-5-7-17-6-3-4-9-19(17)18;/h3-4,6,9,18,25H,2,5,7-8,10-16H2,1H3,(H2,22,23,24);1H. The number of halogens is 1. The second kappa shape index (κ2) is 11.2. The minimum Gasteiger partial charge on any atom is -0.396 e. The summed E-state index contributed by atoms with van der Waals surface area (Å²) in [5, 5.41) is 16.3. The van der Waals surface area contributed by atoms with Gasteiger partial charge >= 0.3 is 0 Å². The van der Waals surface area contributed by atoms with Crippen molar-refractivity contribution in [3.05, 3.63) is 35.4 Å². The van der Waals surface area contributed by atoms with Gasteiger partial charge in [0.05, 0.1) is 13.2 Å². The topological polar surface area (TPSA) is 65.9 Å². The molecule has 2 unspecified atom stereocenters. The number of nitrogens with one attached hydrogen (secondary N) is 2. The van der Waals surface area contributed by atoms with Crippen molar-refractivity contribution in [2.24, 2.45) is 10.4 Å². The first-order chi connectivity index (χ1) is 12.8. The number of nitrogens with zero attached hydrogens (tertiary/aromatic N) is 1. The minimum atomic E-state index is -0.00542. The highest BCUT2D eigenvalue weighted by Crippen LogP contribution is 2.33. The number of fused-ring (bicyclic) bond motifs is 1. The fraction of sp³-hybridized carbons (Fsp3) is 0.667. The molecule has 2 aliphatic rings. The lowest BCUT2D eigenvalue weighted by Crippen LogP contribution is -2.41. The van der Waals surface area contributed by atoms with Crippen molar-refractivity contribution < 1.29 is 9.84 Å². The quantitative estimate of drug-likeness (QED) is 0.314. The van der Waals surface area contributed by atoms with E-state index < -0.39 is 0 Å². The largest absolute Gasteiger partial charge is 0.396 e. The van der Waals surface area contributed by atoms with Crippen LogP contribution in [0.3, 0.4) is 0 Å². The zero-order valence-corrected chi connectivity index (χ0v) is 18.7. The summed E-state index contributed by atoms with van der Waals surface area (Å²) in [6.07, 6.45) is 5.42. The van der Waals surface area contributed by atoms with E-state index in [1.165, 1.54) is 30.4 Å². The maximum Gasteiger partial charge on any atom is 0.191 e. The van der Waals surface area contributed by atoms with Crippen LogP contribution in [0, 0.1) is 5.41 Å². The van der Waals surface area contributed by atoms with E-state index >= 15 is 0 Å². The van der Waals surface area contributed by atoms with Crippen molar-refractivity contribution in [3.8, 4) is 0 Å². The van der Waals surface area contributed by atoms with Gasteiger partial charge in [-0.05, 0) is 50.2 Å². The van der Waals surface area contributed by atoms with Gasteiger partial charge in [-0.25, -0.2) is 0 Å². The van der Waals surface area contributed by atoms with E-state index in [0.717, 1.165) is 38.5 Å². The zero-order valence-electron chi connectivity index (χ0n) is 16.4. The SMILES string of the molecule is CCNC(=NCC1(CCO)CCOC1)NCC1CCCc2ccccc21.I. The molecule has 6 heteroatoms. The Kier molecular flexibility index (Phi) is 9.32. The Hall–Kier alpha value is -0.860. The molecule has 2 atom stereocenters. The normalized spacial score (nSPS) is 24.8. The van der Waals surface area contributed by atoms with Gasteiger partial charge in [0.25, 0.3) is 0 Å². The summed E-state index contributed by atoms with van der Waals surface area (Å²) in [4.78, 5) is 4.83. The molecule has 152 valence electrons. The summed E-state index contributed by atoms with van der Waals surface area (Å²) in [6.45, 7) is 6.22. The summed E-state index contributed by atoms with van der Waals surface area (Å²) in [5.74, 6) is 1.42. The van der Waals surface area contributed by atoms with Gasteiger partial charge in [0.1, 0.15) is 0 Å². The molecule has 1 aliphatic carbocycles. The summed E-state index contributed by atoms with van der Waals surface area (Å²) in [6, 6.07) is 8.83. The number of guanidine groups is 1. The van der Waals surface area contributed by atoms with Crippen molar-refractivity contribution >= 4 is 29.9 Å². The van der Waals surface area contributed by atoms with Crippen LogP contribution in [0.1, 0.15) is 49.7 Å². The van der Waals surface area contributed by atoms with Crippen LogP contribution < -0.4 is 10.6 Å². The second-order valence-corrected chi connectivity index (χ2v) is 7.64. The molecule has 1 saturated heterocycles. The molecule has 1 aliphatic heterocycles. The summed E-state index contributed by atoms with van der Waals surface area (Å²) in [7, 11) is 0. The smallest absolute Gasteiger partial charge is 0.191 e. The highest BCUT2D eigenvalue weighted by Gasteiger charge is 2.34. The molecular weight excluding hydrogens is 453 g/mol. The van der Waals surface area contributed by atoms with E-state index in [1.54, 1.807) is 0 Å². The van der Waals surface area contributed by atoms with Crippen LogP contribution in [0.15, 0.2) is 29.3 Å². The third-order valence-corrected chi connectivity index (χ3v) is 5.75. The number of aliphatic hydroxyl groups excluding tert-OH is 1. The number of rotatable bonds is 7. The molecule has 0 saturated carbocycles. The van der Waals surface area contributed by atoms with E-state index in [4.69, 9.17) is 9.73 Å². The molecule has 1 aromatic carbocycles. The van der Waals surface area contributed by atoms with Crippen molar-refractivity contribution in [1.29, 1.82) is 0 Å². The first kappa shape index (κ1) is 22.4. The highest BCUT2D eigenvalue weighted by atomic mass is 127. The maximum atomic E-state index is 9.39. The summed E-state index contributed by atoms with van der Waals surface area (Å²) >= 11 is 0. The van der Waals surface area contributed by atoms with E-state index in [9.17, 15) is 5.11 Å². The average molecular weight is 487 g/mol. The van der Waals surface area contributed by atoms with Crippen LogP contribution >= 0.6 is 24.0 Å². The van der Waals surface area contributed by atoms with Crippen molar-refractivity contribution in [2.45, 2.75) is 44.9 Å². The highest BCUT2D eigenvalue weighted by molar-refractivity contribution is 14.0. The third-order valence-electron chi connectivity index (χ3n) is 5.75. The van der Waals surface area contributed by atoms with Crippen LogP contribution in [0.25, 0.3) is 0 Å². The van der Waals surface area contributed by atoms with Gasteiger partial charge in [0, 0.05) is 37.6 Å². The van der Waals surface area contributed by atoms with Gasteiger partial charge in [-0.1, -0.05) is 24.3 Å². The first-order valence-electron chi connectivity index (χ1n) is 10.0. The van der Waals surface area contributed by atoms with Crippen LogP contribution in [0.2, 0.25) is 0 Å². The Labute approximate surface area is 180 Å². The average Bonchev–Trinajstić information content (AvgIpc) is 3.13. The fourth-order valence-corrected chi connectivity index (χ4v) is 4.16. The lowest BCUT2D eigenvalue weighted by atomic mass is 9.83. The molecule has 0 bridgehead atoms. The van der Waals surface area contributed by atoms with Gasteiger partial charge in [0.2, 0.25) is 0 Å². The van der Waals surface area contributed by atoms with Gasteiger partial charge in [0.15, 0.2) is 5.96 Å². The summed E-state index contributed by atoms with van der Waals surface area (Å²) < 4.78 is 5.58. The molecule has 0 radical (unpaired) electrons. The maximum absolute atomic E-state index is 9.39. The van der Waals surface area contributed by atoms with Crippen LogP contribution in [0.4, 0.5) is 0 Å². The van der Waals surface area contributed by atoms with Gasteiger partial charge in [-0.15, -0.1) is 24.0 Å². The Morgan fingerprint density at radius 3 is 2.93 bits per heavy atom. The second-order valence-electron chi connectivity index (χ2n) is 7.64. The number of aliphatic imine (C=N–C) groups is 1. The van der Waals surface area contributed by atoms with Crippen LogP contribution in [-0.4, -0.2) is 50.5 Å². The summed E-state index contributed by atoms with van der Waals surface area (Å²) in [5.41, 5.74) is 2.98. The van der Waals surface area contributed by atoms with E-state index in [0.29, 0.717) is 19.1 Å². The number of hydrogen-bond donors (Lipinski definition) is 3. The zero-order chi connectivity index (χ0) is 18.2. The molecule has 3 rings (SSSR count). The molecule has 5 nitrogen and oxygen atoms in total. The first-order valence-corrected chi connectivity index (χ1v) is 10.0. The predicted octanol–water partition coefficient (Wildman–Crippen LogP) is 3.07. The molecule has 3 N–H and O–H groups in total. The van der Waals surface area contributed by atoms with E-state index in [-0.39, 0.29) is 36.0 Å². The van der Waals surface area contributed by atoms with Crippen molar-refractivity contribution in [2.75, 3.05) is 39.5 Å². The number of ether oxygens (including phenoxy) is 1. The van der Waals surface area contributed by atoms with E-state index in [1.807, 2.05) is 0 Å². The van der Waals surface area contributed by atoms with Crippen molar-refractivity contribution in [1.82, 2.24) is 10.6 Å². The van der Waals surface area contributed by atoms with Crippen molar-refractivity contribution in [3.63, 3.8) is 0 Å². The molecule has 1 heterocycles. The Balaban J connectivity index is 0.00000261. The Morgan fingerprint density at radius 2 is 2.19 bits per heavy atom. The molecule has 0 amide bonds. The number of aliphatic hydroxyl groups is 1. The van der Waals surface area contributed by atoms with Crippen LogP contribution in [-0.2, 0) is 11.2 Å². The third kappa shape index (κ3) is 6.06. The molecule has 1 aromatic rings. The lowest BCUT2D eigenvalue weighted by molar-refractivity contribution is 0.131. The number of aryl methyl sites for hydroxylation is 1. The molecule has 1 fully saturated rings.